The zero-order valence-corrected chi connectivity index (χ0v) is 14.9. The molecule has 0 fully saturated rings. The van der Waals surface area contributed by atoms with Crippen LogP contribution in [0.25, 0.3) is 0 Å². The SMILES string of the molecule is CC(C)(C)C(=O)C(F)(F)C(F)(F)C(=O)OCC(C)(C)C(=O)/C=C/C(=O)O. The predicted octanol–water partition coefficient (Wildman–Crippen LogP) is 2.65. The van der Waals surface area contributed by atoms with E-state index in [1.165, 1.54) is 0 Å². The molecule has 0 aliphatic carbocycles. The van der Waals surface area contributed by atoms with Gasteiger partial charge in [-0.2, -0.15) is 17.6 Å². The summed E-state index contributed by atoms with van der Waals surface area (Å²) < 4.78 is 59.3. The molecule has 1 N–H and O–H groups in total. The Morgan fingerprint density at radius 2 is 1.35 bits per heavy atom. The number of carboxylic acid groups (broad SMARTS) is 1. The van der Waals surface area contributed by atoms with Crippen molar-refractivity contribution in [3.05, 3.63) is 12.2 Å². The summed E-state index contributed by atoms with van der Waals surface area (Å²) in [6.07, 6.45) is 1.10. The average molecular weight is 384 g/mol. The fraction of sp³-hybridized carbons (Fsp3) is 0.625. The van der Waals surface area contributed by atoms with Crippen LogP contribution < -0.4 is 0 Å². The third kappa shape index (κ3) is 5.37. The van der Waals surface area contributed by atoms with E-state index in [2.05, 4.69) is 4.74 Å². The topological polar surface area (TPSA) is 97.7 Å². The Kier molecular flexibility index (Phi) is 6.89. The number of hydrogen-bond acceptors (Lipinski definition) is 5. The molecule has 0 saturated heterocycles. The van der Waals surface area contributed by atoms with E-state index < -0.39 is 52.8 Å². The standard InChI is InChI=1S/C16H20F4O6/c1-13(2,3)11(24)15(17,18)16(19,20)12(25)26-8-14(4,5)9(21)6-7-10(22)23/h6-7H,8H2,1-5H3,(H,22,23)/b7-6+. The second-order valence-corrected chi connectivity index (χ2v) is 7.22. The van der Waals surface area contributed by atoms with Crippen molar-refractivity contribution in [3.63, 3.8) is 0 Å². The molecule has 0 aromatic rings. The van der Waals surface area contributed by atoms with Crippen molar-refractivity contribution in [1.29, 1.82) is 0 Å². The Labute approximate surface area is 147 Å². The van der Waals surface area contributed by atoms with Gasteiger partial charge in [-0.15, -0.1) is 0 Å². The van der Waals surface area contributed by atoms with Crippen LogP contribution >= 0.6 is 0 Å². The molecule has 0 aromatic heterocycles. The number of carbonyl (C=O) groups is 4. The largest absolute Gasteiger partial charge is 0.478 e. The fourth-order valence-corrected chi connectivity index (χ4v) is 1.52. The van der Waals surface area contributed by atoms with Gasteiger partial charge in [0.15, 0.2) is 5.78 Å². The number of ether oxygens (including phenoxy) is 1. The van der Waals surface area contributed by atoms with Gasteiger partial charge in [-0.25, -0.2) is 9.59 Å². The lowest BCUT2D eigenvalue weighted by Gasteiger charge is -2.29. The molecule has 0 atom stereocenters. The third-order valence-corrected chi connectivity index (χ3v) is 3.23. The predicted molar refractivity (Wildman–Crippen MR) is 80.9 cm³/mol. The van der Waals surface area contributed by atoms with Crippen LogP contribution in [-0.4, -0.2) is 47.1 Å². The number of hydrogen-bond donors (Lipinski definition) is 1. The lowest BCUT2D eigenvalue weighted by atomic mass is 9.85. The molecule has 0 unspecified atom stereocenters. The first kappa shape index (κ1) is 23.7. The molecule has 6 nitrogen and oxygen atoms in total. The highest BCUT2D eigenvalue weighted by molar-refractivity contribution is 5.99. The van der Waals surface area contributed by atoms with Gasteiger partial charge in [-0.05, 0) is 19.9 Å². The summed E-state index contributed by atoms with van der Waals surface area (Å²) in [5.74, 6) is -17.9. The van der Waals surface area contributed by atoms with Crippen molar-refractivity contribution >= 4 is 23.5 Å². The Bertz CT molecular complexity index is 629. The molecule has 26 heavy (non-hydrogen) atoms. The maximum Gasteiger partial charge on any atom is 0.411 e. The van der Waals surface area contributed by atoms with Gasteiger partial charge in [-0.1, -0.05) is 20.8 Å². The van der Waals surface area contributed by atoms with E-state index >= 15 is 0 Å². The summed E-state index contributed by atoms with van der Waals surface area (Å²) in [5, 5.41) is 8.42. The molecule has 0 rings (SSSR count). The maximum atomic E-state index is 13.8. The molecular weight excluding hydrogens is 364 g/mol. The Balaban J connectivity index is 5.29. The van der Waals surface area contributed by atoms with Crippen molar-refractivity contribution in [2.75, 3.05) is 6.61 Å². The Morgan fingerprint density at radius 3 is 1.73 bits per heavy atom. The van der Waals surface area contributed by atoms with E-state index in [1.54, 1.807) is 0 Å². The molecule has 0 radical (unpaired) electrons. The fourth-order valence-electron chi connectivity index (χ4n) is 1.52. The summed E-state index contributed by atoms with van der Waals surface area (Å²) >= 11 is 0. The molecule has 0 spiro atoms. The second kappa shape index (κ2) is 7.55. The van der Waals surface area contributed by atoms with Gasteiger partial charge in [0, 0.05) is 11.5 Å². The van der Waals surface area contributed by atoms with Crippen LogP contribution in [0.4, 0.5) is 17.6 Å². The van der Waals surface area contributed by atoms with Crippen molar-refractivity contribution < 1.29 is 46.6 Å². The number of ketones is 2. The number of aliphatic carboxylic acids is 1. The number of halogens is 4. The van der Waals surface area contributed by atoms with Crippen molar-refractivity contribution in [2.24, 2.45) is 10.8 Å². The van der Waals surface area contributed by atoms with Gasteiger partial charge in [-0.3, -0.25) is 9.59 Å². The van der Waals surface area contributed by atoms with Crippen LogP contribution in [0, 0.1) is 10.8 Å². The Morgan fingerprint density at radius 1 is 0.885 bits per heavy atom. The molecule has 10 heteroatoms. The maximum absolute atomic E-state index is 13.8. The molecule has 0 bridgehead atoms. The highest BCUT2D eigenvalue weighted by Gasteiger charge is 2.69. The quantitative estimate of drug-likeness (QED) is 0.393. The number of alkyl halides is 4. The van der Waals surface area contributed by atoms with Crippen LogP contribution in [0.3, 0.4) is 0 Å². The van der Waals surface area contributed by atoms with Crippen molar-refractivity contribution in [1.82, 2.24) is 0 Å². The van der Waals surface area contributed by atoms with E-state index in [0.29, 0.717) is 12.2 Å². The summed E-state index contributed by atoms with van der Waals surface area (Å²) in [5.41, 5.74) is -3.49. The lowest BCUT2D eigenvalue weighted by Crippen LogP contribution is -2.56. The summed E-state index contributed by atoms with van der Waals surface area (Å²) in [6.45, 7) is 4.20. The average Bonchev–Trinajstić information content (AvgIpc) is 2.47. The highest BCUT2D eigenvalue weighted by Crippen LogP contribution is 2.41. The van der Waals surface area contributed by atoms with Gasteiger partial charge in [0.2, 0.25) is 5.78 Å². The smallest absolute Gasteiger partial charge is 0.411 e. The number of carbonyl (C=O) groups excluding carboxylic acids is 3. The second-order valence-electron chi connectivity index (χ2n) is 7.22. The summed E-state index contributed by atoms with van der Waals surface area (Å²) in [7, 11) is 0. The summed E-state index contributed by atoms with van der Waals surface area (Å²) in [6, 6.07) is 0. The van der Waals surface area contributed by atoms with Crippen molar-refractivity contribution in [2.45, 2.75) is 46.5 Å². The van der Waals surface area contributed by atoms with Crippen molar-refractivity contribution in [3.8, 4) is 0 Å². The van der Waals surface area contributed by atoms with Gasteiger partial charge in [0.05, 0.1) is 5.41 Å². The normalized spacial score (nSPS) is 13.6. The molecule has 0 amide bonds. The molecular formula is C16H20F4O6. The number of Topliss-reactive ketones (excluding diaryl/α,β-unsaturated/α-hetero) is 1. The van der Waals surface area contributed by atoms with Crippen LogP contribution in [0.5, 0.6) is 0 Å². The van der Waals surface area contributed by atoms with Gasteiger partial charge < -0.3 is 9.84 Å². The monoisotopic (exact) mass is 384 g/mol. The van der Waals surface area contributed by atoms with E-state index in [4.69, 9.17) is 5.11 Å². The van der Waals surface area contributed by atoms with Crippen LogP contribution in [-0.2, 0) is 23.9 Å². The summed E-state index contributed by atoms with van der Waals surface area (Å²) in [4.78, 5) is 45.1. The van der Waals surface area contributed by atoms with Gasteiger partial charge >= 0.3 is 23.8 Å². The number of allylic oxidation sites excluding steroid dienone is 1. The van der Waals surface area contributed by atoms with Crippen LogP contribution in [0.1, 0.15) is 34.6 Å². The Hall–Kier alpha value is -2.26. The molecule has 148 valence electrons. The van der Waals surface area contributed by atoms with E-state index in [1.807, 2.05) is 0 Å². The molecule has 0 aromatic carbocycles. The zero-order valence-electron chi connectivity index (χ0n) is 14.9. The van der Waals surface area contributed by atoms with Crippen LogP contribution in [0.15, 0.2) is 12.2 Å². The molecule has 0 heterocycles. The van der Waals surface area contributed by atoms with Gasteiger partial charge in [0.25, 0.3) is 0 Å². The number of esters is 1. The minimum Gasteiger partial charge on any atom is -0.478 e. The number of rotatable bonds is 8. The van der Waals surface area contributed by atoms with Crippen LogP contribution in [0.2, 0.25) is 0 Å². The number of carboxylic acids is 1. The third-order valence-electron chi connectivity index (χ3n) is 3.23. The molecule has 0 saturated carbocycles. The lowest BCUT2D eigenvalue weighted by molar-refractivity contribution is -0.229. The van der Waals surface area contributed by atoms with E-state index in [-0.39, 0.29) is 0 Å². The highest BCUT2D eigenvalue weighted by atomic mass is 19.3. The first-order chi connectivity index (χ1) is 11.4. The van der Waals surface area contributed by atoms with E-state index in [9.17, 15) is 36.7 Å². The molecule has 0 aliphatic heterocycles. The first-order valence-electron chi connectivity index (χ1n) is 7.30. The molecule has 0 aliphatic rings. The van der Waals surface area contributed by atoms with E-state index in [0.717, 1.165) is 34.6 Å². The minimum atomic E-state index is -5.44. The first-order valence-corrected chi connectivity index (χ1v) is 7.30. The zero-order chi connectivity index (χ0) is 21.1. The van der Waals surface area contributed by atoms with Gasteiger partial charge in [0.1, 0.15) is 6.61 Å². The minimum absolute atomic E-state index is 0.483.